The lowest BCUT2D eigenvalue weighted by Gasteiger charge is -2.31. The zero-order valence-corrected chi connectivity index (χ0v) is 18.0. The first-order valence-electron chi connectivity index (χ1n) is 10.2. The second-order valence-electron chi connectivity index (χ2n) is 7.45. The molecule has 1 aliphatic rings. The van der Waals surface area contributed by atoms with Crippen LogP contribution in [0.5, 0.6) is 0 Å². The van der Waals surface area contributed by atoms with Crippen LogP contribution in [-0.2, 0) is 11.3 Å². The molecular weight excluding hydrogens is 402 g/mol. The number of pyridine rings is 1. The standard InChI is InChI=1S/C23H26ClN3O3/c1-3-27-20-9-8-18(25(2)23(29)16-4-6-17(24)7-5-16)14-19(20)21(15-22(27)28)26-10-12-30-13-11-26/h4-9,14-15,23,29H,3,10-13H2,1-2H3. The van der Waals surface area contributed by atoms with E-state index in [1.54, 1.807) is 22.8 Å². The first kappa shape index (κ1) is 20.7. The van der Waals surface area contributed by atoms with Gasteiger partial charge in [0.15, 0.2) is 6.23 Å². The number of hydrogen-bond donors (Lipinski definition) is 1. The van der Waals surface area contributed by atoms with Crippen LogP contribution in [-0.4, -0.2) is 43.0 Å². The van der Waals surface area contributed by atoms with E-state index in [-0.39, 0.29) is 5.56 Å². The number of hydrogen-bond acceptors (Lipinski definition) is 5. The van der Waals surface area contributed by atoms with Gasteiger partial charge in [-0.3, -0.25) is 4.79 Å². The van der Waals surface area contributed by atoms with Crippen molar-refractivity contribution in [2.75, 3.05) is 43.2 Å². The normalized spacial score (nSPS) is 15.4. The fraction of sp³-hybridized carbons (Fsp3) is 0.348. The number of anilines is 2. The van der Waals surface area contributed by atoms with Crippen molar-refractivity contribution in [2.45, 2.75) is 19.7 Å². The molecular formula is C23H26ClN3O3. The van der Waals surface area contributed by atoms with Crippen molar-refractivity contribution in [1.29, 1.82) is 0 Å². The van der Waals surface area contributed by atoms with E-state index in [2.05, 4.69) is 4.90 Å². The third-order valence-corrected chi connectivity index (χ3v) is 5.94. The van der Waals surface area contributed by atoms with E-state index in [0.29, 0.717) is 24.8 Å². The Morgan fingerprint density at radius 2 is 1.83 bits per heavy atom. The number of ether oxygens (including phenoxy) is 1. The van der Waals surface area contributed by atoms with Crippen molar-refractivity contribution in [1.82, 2.24) is 4.57 Å². The van der Waals surface area contributed by atoms with E-state index in [0.717, 1.165) is 40.9 Å². The minimum atomic E-state index is -0.816. The number of aromatic nitrogens is 1. The second kappa shape index (κ2) is 8.68. The van der Waals surface area contributed by atoms with Gasteiger partial charge in [-0.05, 0) is 37.3 Å². The molecule has 1 saturated heterocycles. The van der Waals surface area contributed by atoms with E-state index in [1.165, 1.54) is 0 Å². The van der Waals surface area contributed by atoms with Gasteiger partial charge in [0.1, 0.15) is 0 Å². The summed E-state index contributed by atoms with van der Waals surface area (Å²) < 4.78 is 7.26. The fourth-order valence-electron chi connectivity index (χ4n) is 3.97. The van der Waals surface area contributed by atoms with Gasteiger partial charge in [-0.25, -0.2) is 0 Å². The summed E-state index contributed by atoms with van der Waals surface area (Å²) in [6.45, 7) is 5.36. The van der Waals surface area contributed by atoms with Gasteiger partial charge in [0.25, 0.3) is 5.56 Å². The highest BCUT2D eigenvalue weighted by atomic mass is 35.5. The highest BCUT2D eigenvalue weighted by Crippen LogP contribution is 2.32. The quantitative estimate of drug-likeness (QED) is 0.630. The molecule has 158 valence electrons. The molecule has 6 nitrogen and oxygen atoms in total. The summed E-state index contributed by atoms with van der Waals surface area (Å²) in [5, 5.41) is 12.5. The van der Waals surface area contributed by atoms with E-state index in [9.17, 15) is 9.90 Å². The Bertz CT molecular complexity index is 1090. The third kappa shape index (κ3) is 3.90. The van der Waals surface area contributed by atoms with Gasteiger partial charge in [-0.2, -0.15) is 0 Å². The number of aryl methyl sites for hydroxylation is 1. The van der Waals surface area contributed by atoms with Crippen LogP contribution in [0.15, 0.2) is 53.3 Å². The van der Waals surface area contributed by atoms with Crippen LogP contribution in [0.25, 0.3) is 10.9 Å². The van der Waals surface area contributed by atoms with Gasteiger partial charge in [0.2, 0.25) is 0 Å². The summed E-state index contributed by atoms with van der Waals surface area (Å²) >= 11 is 5.97. The summed E-state index contributed by atoms with van der Waals surface area (Å²) in [6.07, 6.45) is -0.816. The molecule has 0 bridgehead atoms. The van der Waals surface area contributed by atoms with Crippen molar-refractivity contribution in [2.24, 2.45) is 0 Å². The highest BCUT2D eigenvalue weighted by molar-refractivity contribution is 6.30. The number of aliphatic hydroxyl groups excluding tert-OH is 1. The molecule has 1 aromatic heterocycles. The van der Waals surface area contributed by atoms with Crippen molar-refractivity contribution in [3.63, 3.8) is 0 Å². The van der Waals surface area contributed by atoms with Crippen LogP contribution < -0.4 is 15.4 Å². The zero-order valence-electron chi connectivity index (χ0n) is 17.2. The maximum atomic E-state index is 12.7. The predicted octanol–water partition coefficient (Wildman–Crippen LogP) is 3.64. The Morgan fingerprint density at radius 3 is 2.50 bits per heavy atom. The smallest absolute Gasteiger partial charge is 0.253 e. The molecule has 0 saturated carbocycles. The molecule has 0 aliphatic carbocycles. The molecule has 2 aromatic carbocycles. The maximum Gasteiger partial charge on any atom is 0.253 e. The minimum absolute atomic E-state index is 0.00574. The maximum absolute atomic E-state index is 12.7. The molecule has 1 fully saturated rings. The molecule has 1 N–H and O–H groups in total. The number of benzene rings is 2. The topological polar surface area (TPSA) is 57.9 Å². The summed E-state index contributed by atoms with van der Waals surface area (Å²) in [5.74, 6) is 0. The van der Waals surface area contributed by atoms with Crippen LogP contribution in [0.3, 0.4) is 0 Å². The van der Waals surface area contributed by atoms with Gasteiger partial charge in [-0.1, -0.05) is 23.7 Å². The largest absolute Gasteiger partial charge is 0.378 e. The average molecular weight is 428 g/mol. The number of aliphatic hydroxyl groups is 1. The van der Waals surface area contributed by atoms with Crippen LogP contribution in [0.1, 0.15) is 18.7 Å². The van der Waals surface area contributed by atoms with E-state index >= 15 is 0 Å². The molecule has 3 aromatic rings. The Morgan fingerprint density at radius 1 is 1.13 bits per heavy atom. The molecule has 4 rings (SSSR count). The number of fused-ring (bicyclic) bond motifs is 1. The molecule has 0 amide bonds. The highest BCUT2D eigenvalue weighted by Gasteiger charge is 2.19. The summed E-state index contributed by atoms with van der Waals surface area (Å²) in [7, 11) is 1.85. The Kier molecular flexibility index (Phi) is 5.99. The van der Waals surface area contributed by atoms with Crippen LogP contribution >= 0.6 is 11.6 Å². The van der Waals surface area contributed by atoms with Gasteiger partial charge >= 0.3 is 0 Å². The Labute approximate surface area is 180 Å². The molecule has 0 spiro atoms. The monoisotopic (exact) mass is 427 g/mol. The average Bonchev–Trinajstić information content (AvgIpc) is 2.78. The molecule has 1 atom stereocenters. The number of nitrogens with zero attached hydrogens (tertiary/aromatic N) is 3. The number of halogens is 1. The lowest BCUT2D eigenvalue weighted by atomic mass is 10.1. The minimum Gasteiger partial charge on any atom is -0.378 e. The van der Waals surface area contributed by atoms with Crippen molar-refractivity contribution in [3.05, 3.63) is 69.5 Å². The molecule has 1 aliphatic heterocycles. The Hall–Kier alpha value is -2.54. The zero-order chi connectivity index (χ0) is 21.3. The summed E-state index contributed by atoms with van der Waals surface area (Å²) in [6, 6.07) is 14.8. The van der Waals surface area contributed by atoms with Crippen LogP contribution in [0, 0.1) is 0 Å². The second-order valence-corrected chi connectivity index (χ2v) is 7.89. The lowest BCUT2D eigenvalue weighted by molar-refractivity contribution is 0.123. The Balaban J connectivity index is 1.79. The van der Waals surface area contributed by atoms with Crippen LogP contribution in [0.4, 0.5) is 11.4 Å². The molecule has 0 radical (unpaired) electrons. The number of rotatable bonds is 5. The molecule has 30 heavy (non-hydrogen) atoms. The number of morpholine rings is 1. The SMILES string of the molecule is CCn1c(=O)cc(N2CCOCC2)c2cc(N(C)C(O)c3ccc(Cl)cc3)ccc21. The molecule has 2 heterocycles. The fourth-order valence-corrected chi connectivity index (χ4v) is 4.09. The molecule has 1 unspecified atom stereocenters. The lowest BCUT2D eigenvalue weighted by Crippen LogP contribution is -2.37. The van der Waals surface area contributed by atoms with Crippen LogP contribution in [0.2, 0.25) is 5.02 Å². The first-order valence-corrected chi connectivity index (χ1v) is 10.5. The summed E-state index contributed by atoms with van der Waals surface area (Å²) in [5.41, 5.74) is 3.42. The van der Waals surface area contributed by atoms with Crippen molar-refractivity contribution >= 4 is 33.9 Å². The summed E-state index contributed by atoms with van der Waals surface area (Å²) in [4.78, 5) is 16.7. The van der Waals surface area contributed by atoms with E-state index in [4.69, 9.17) is 16.3 Å². The van der Waals surface area contributed by atoms with Crippen molar-refractivity contribution < 1.29 is 9.84 Å². The van der Waals surface area contributed by atoms with E-state index in [1.807, 2.05) is 49.2 Å². The third-order valence-electron chi connectivity index (χ3n) is 5.68. The van der Waals surface area contributed by atoms with Gasteiger partial charge in [0, 0.05) is 54.4 Å². The van der Waals surface area contributed by atoms with Crippen molar-refractivity contribution in [3.8, 4) is 0 Å². The predicted molar refractivity (Wildman–Crippen MR) is 122 cm³/mol. The molecule has 7 heteroatoms. The van der Waals surface area contributed by atoms with E-state index < -0.39 is 6.23 Å². The van der Waals surface area contributed by atoms with Gasteiger partial charge in [0.05, 0.1) is 24.4 Å². The first-order chi connectivity index (χ1) is 14.5. The van der Waals surface area contributed by atoms with Gasteiger partial charge in [-0.15, -0.1) is 0 Å². The van der Waals surface area contributed by atoms with Gasteiger partial charge < -0.3 is 24.2 Å².